The zero-order valence-corrected chi connectivity index (χ0v) is 13.8. The molecule has 0 aliphatic rings. The maximum Gasteiger partial charge on any atom is 0.255 e. The molecule has 2 rings (SSSR count). The van der Waals surface area contributed by atoms with E-state index in [2.05, 4.69) is 5.32 Å². The minimum Gasteiger partial charge on any atom is -0.546 e. The summed E-state index contributed by atoms with van der Waals surface area (Å²) in [5, 5.41) is 13.7. The van der Waals surface area contributed by atoms with Gasteiger partial charge in [-0.15, -0.1) is 0 Å². The third-order valence-electron chi connectivity index (χ3n) is 3.17. The summed E-state index contributed by atoms with van der Waals surface area (Å²) in [6.45, 7) is 1.36. The lowest BCUT2D eigenvalue weighted by Gasteiger charge is -2.15. The van der Waals surface area contributed by atoms with Crippen molar-refractivity contribution in [3.05, 3.63) is 53.1 Å². The number of methoxy groups -OCH3 is 1. The molecule has 1 N–H and O–H groups in total. The monoisotopic (exact) mass is 348 g/mol. The summed E-state index contributed by atoms with van der Waals surface area (Å²) in [5.41, 5.74) is 0.909. The van der Waals surface area contributed by atoms with Crippen LogP contribution < -0.4 is 19.9 Å². The fourth-order valence-electron chi connectivity index (χ4n) is 1.88. The summed E-state index contributed by atoms with van der Waals surface area (Å²) in [4.78, 5) is 22.8. The number of hydrogen-bond donors (Lipinski definition) is 1. The second-order valence-electron chi connectivity index (χ2n) is 4.91. The standard InChI is InChI=1S/C17H16ClNO5/c1-10(17(21)22)24-13-6-3-11(4-7-13)16(20)19-12-5-8-15(23-2)14(18)9-12/h3-10H,1-2H3,(H,19,20)(H,21,22)/p-1/t10-/m1/s1. The van der Waals surface area contributed by atoms with E-state index >= 15 is 0 Å². The molecule has 1 amide bonds. The highest BCUT2D eigenvalue weighted by Crippen LogP contribution is 2.27. The van der Waals surface area contributed by atoms with Gasteiger partial charge in [-0.25, -0.2) is 0 Å². The number of carbonyl (C=O) groups is 2. The molecule has 0 saturated heterocycles. The molecule has 0 heterocycles. The Morgan fingerprint density at radius 2 is 1.83 bits per heavy atom. The van der Waals surface area contributed by atoms with Crippen LogP contribution in [0, 0.1) is 0 Å². The fraction of sp³-hybridized carbons (Fsp3) is 0.176. The molecule has 2 aromatic rings. The Balaban J connectivity index is 2.05. The van der Waals surface area contributed by atoms with Gasteiger partial charge in [0.05, 0.1) is 18.1 Å². The summed E-state index contributed by atoms with van der Waals surface area (Å²) in [5.74, 6) is -0.808. The average molecular weight is 349 g/mol. The SMILES string of the molecule is COc1ccc(NC(=O)c2ccc(O[C@H](C)C(=O)[O-])cc2)cc1Cl. The van der Waals surface area contributed by atoms with Crippen LogP contribution in [0.3, 0.4) is 0 Å². The quantitative estimate of drug-likeness (QED) is 0.863. The van der Waals surface area contributed by atoms with Crippen molar-refractivity contribution in [3.8, 4) is 11.5 Å². The van der Waals surface area contributed by atoms with Crippen LogP contribution in [-0.2, 0) is 4.79 Å². The van der Waals surface area contributed by atoms with Crippen LogP contribution in [0.2, 0.25) is 5.02 Å². The van der Waals surface area contributed by atoms with Gasteiger partial charge in [-0.1, -0.05) is 11.6 Å². The van der Waals surface area contributed by atoms with Gasteiger partial charge in [0.1, 0.15) is 17.6 Å². The lowest BCUT2D eigenvalue weighted by atomic mass is 10.2. The zero-order valence-electron chi connectivity index (χ0n) is 13.0. The summed E-state index contributed by atoms with van der Waals surface area (Å²) >= 11 is 6.01. The summed E-state index contributed by atoms with van der Waals surface area (Å²) in [7, 11) is 1.50. The number of carbonyl (C=O) groups excluding carboxylic acids is 2. The Bertz CT molecular complexity index is 745. The number of benzene rings is 2. The van der Waals surface area contributed by atoms with Crippen molar-refractivity contribution in [3.63, 3.8) is 0 Å². The van der Waals surface area contributed by atoms with Crippen LogP contribution in [0.1, 0.15) is 17.3 Å². The minimum absolute atomic E-state index is 0.329. The number of carboxylic acids is 1. The van der Waals surface area contributed by atoms with Gasteiger partial charge in [0.2, 0.25) is 0 Å². The van der Waals surface area contributed by atoms with Crippen molar-refractivity contribution in [2.24, 2.45) is 0 Å². The van der Waals surface area contributed by atoms with Gasteiger partial charge in [0.15, 0.2) is 0 Å². The molecule has 0 aliphatic heterocycles. The molecule has 0 aromatic heterocycles. The van der Waals surface area contributed by atoms with Crippen molar-refractivity contribution >= 4 is 29.2 Å². The second kappa shape index (κ2) is 7.70. The van der Waals surface area contributed by atoms with E-state index in [1.54, 1.807) is 18.2 Å². The first kappa shape index (κ1) is 17.6. The van der Waals surface area contributed by atoms with Gasteiger partial charge in [-0.2, -0.15) is 0 Å². The molecule has 0 radical (unpaired) electrons. The van der Waals surface area contributed by atoms with Gasteiger partial charge in [0, 0.05) is 11.3 Å². The maximum absolute atomic E-state index is 12.2. The van der Waals surface area contributed by atoms with E-state index in [4.69, 9.17) is 21.1 Å². The first-order valence-electron chi connectivity index (χ1n) is 7.03. The number of anilines is 1. The third kappa shape index (κ3) is 4.39. The number of nitrogens with one attached hydrogen (secondary N) is 1. The van der Waals surface area contributed by atoms with Crippen LogP contribution in [0.15, 0.2) is 42.5 Å². The highest BCUT2D eigenvalue weighted by atomic mass is 35.5. The number of aliphatic carboxylic acids is 1. The number of carboxylic acid groups (broad SMARTS) is 1. The number of ether oxygens (including phenoxy) is 2. The Labute approximate surface area is 144 Å². The molecule has 24 heavy (non-hydrogen) atoms. The van der Waals surface area contributed by atoms with Crippen LogP contribution in [-0.4, -0.2) is 25.1 Å². The molecule has 6 nitrogen and oxygen atoms in total. The topological polar surface area (TPSA) is 87.7 Å². The number of halogens is 1. The molecule has 0 unspecified atom stereocenters. The normalized spacial score (nSPS) is 11.5. The van der Waals surface area contributed by atoms with Crippen molar-refractivity contribution in [1.29, 1.82) is 0 Å². The van der Waals surface area contributed by atoms with E-state index in [1.807, 2.05) is 0 Å². The predicted octanol–water partition coefficient (Wildman–Crippen LogP) is 2.12. The van der Waals surface area contributed by atoms with E-state index < -0.39 is 12.1 Å². The summed E-state index contributed by atoms with van der Waals surface area (Å²) < 4.78 is 10.2. The van der Waals surface area contributed by atoms with Crippen molar-refractivity contribution in [1.82, 2.24) is 0 Å². The second-order valence-corrected chi connectivity index (χ2v) is 5.31. The molecule has 0 aliphatic carbocycles. The first-order valence-corrected chi connectivity index (χ1v) is 7.41. The van der Waals surface area contributed by atoms with Crippen LogP contribution in [0.5, 0.6) is 11.5 Å². The Morgan fingerprint density at radius 3 is 2.38 bits per heavy atom. The summed E-state index contributed by atoms with van der Waals surface area (Å²) in [6, 6.07) is 11.0. The number of amides is 1. The van der Waals surface area contributed by atoms with E-state index in [1.165, 1.54) is 38.3 Å². The zero-order chi connectivity index (χ0) is 17.7. The van der Waals surface area contributed by atoms with Gasteiger partial charge >= 0.3 is 0 Å². The van der Waals surface area contributed by atoms with Gasteiger partial charge in [0.25, 0.3) is 5.91 Å². The highest BCUT2D eigenvalue weighted by Gasteiger charge is 2.10. The lowest BCUT2D eigenvalue weighted by Crippen LogP contribution is -2.37. The van der Waals surface area contributed by atoms with Gasteiger partial charge in [-0.3, -0.25) is 4.79 Å². The molecule has 7 heteroatoms. The Hall–Kier alpha value is -2.73. The van der Waals surface area contributed by atoms with E-state index in [9.17, 15) is 14.7 Å². The molecule has 126 valence electrons. The minimum atomic E-state index is -1.31. The molecule has 0 saturated carbocycles. The molecular formula is C17H15ClNO5-. The molecule has 1 atom stereocenters. The smallest absolute Gasteiger partial charge is 0.255 e. The fourth-order valence-corrected chi connectivity index (χ4v) is 2.14. The predicted molar refractivity (Wildman–Crippen MR) is 87.5 cm³/mol. The Morgan fingerprint density at radius 1 is 1.17 bits per heavy atom. The first-order chi connectivity index (χ1) is 11.4. The van der Waals surface area contributed by atoms with Crippen LogP contribution in [0.25, 0.3) is 0 Å². The van der Waals surface area contributed by atoms with Crippen molar-refractivity contribution in [2.75, 3.05) is 12.4 Å². The van der Waals surface area contributed by atoms with E-state index in [-0.39, 0.29) is 5.91 Å². The number of rotatable bonds is 6. The van der Waals surface area contributed by atoms with Crippen LogP contribution >= 0.6 is 11.6 Å². The number of hydrogen-bond acceptors (Lipinski definition) is 5. The van der Waals surface area contributed by atoms with Crippen LogP contribution in [0.4, 0.5) is 5.69 Å². The highest BCUT2D eigenvalue weighted by molar-refractivity contribution is 6.32. The third-order valence-corrected chi connectivity index (χ3v) is 3.47. The average Bonchev–Trinajstić information content (AvgIpc) is 2.55. The molecular weight excluding hydrogens is 334 g/mol. The molecule has 2 aromatic carbocycles. The molecule has 0 fully saturated rings. The molecule has 0 spiro atoms. The van der Waals surface area contributed by atoms with Gasteiger partial charge in [-0.05, 0) is 49.4 Å². The molecule has 0 bridgehead atoms. The van der Waals surface area contributed by atoms with Crippen molar-refractivity contribution < 1.29 is 24.2 Å². The van der Waals surface area contributed by atoms with E-state index in [0.717, 1.165) is 0 Å². The maximum atomic E-state index is 12.2. The van der Waals surface area contributed by atoms with Crippen molar-refractivity contribution in [2.45, 2.75) is 13.0 Å². The van der Waals surface area contributed by atoms with Gasteiger partial charge < -0.3 is 24.7 Å². The Kier molecular flexibility index (Phi) is 5.65. The summed E-state index contributed by atoms with van der Waals surface area (Å²) in [6.07, 6.45) is -1.08. The van der Waals surface area contributed by atoms with E-state index in [0.29, 0.717) is 27.8 Å². The largest absolute Gasteiger partial charge is 0.546 e. The lowest BCUT2D eigenvalue weighted by molar-refractivity contribution is -0.312.